The van der Waals surface area contributed by atoms with Crippen LogP contribution in [0.15, 0.2) is 24.4 Å². The van der Waals surface area contributed by atoms with Crippen LogP contribution in [0.25, 0.3) is 0 Å². The summed E-state index contributed by atoms with van der Waals surface area (Å²) in [7, 11) is 0. The van der Waals surface area contributed by atoms with Crippen LogP contribution >= 0.6 is 0 Å². The molecule has 4 rings (SSSR count). The fourth-order valence-electron chi connectivity index (χ4n) is 3.80. The van der Waals surface area contributed by atoms with Crippen molar-refractivity contribution >= 4 is 17.6 Å². The highest BCUT2D eigenvalue weighted by Gasteiger charge is 2.31. The lowest BCUT2D eigenvalue weighted by Crippen LogP contribution is -2.29. The Labute approximate surface area is 161 Å². The predicted molar refractivity (Wildman–Crippen MR) is 101 cm³/mol. The smallest absolute Gasteiger partial charge is 0.338 e. The highest BCUT2D eigenvalue weighted by molar-refractivity contribution is 5.56. The Morgan fingerprint density at radius 1 is 1.18 bits per heavy atom. The fraction of sp³-hybridized carbons (Fsp3) is 0.526. The molecule has 4 heterocycles. The van der Waals surface area contributed by atoms with Crippen LogP contribution in [0.1, 0.15) is 43.4 Å². The van der Waals surface area contributed by atoms with Crippen LogP contribution in [-0.2, 0) is 6.18 Å². The van der Waals surface area contributed by atoms with Gasteiger partial charge in [0.05, 0.1) is 11.3 Å². The molecule has 0 bridgehead atoms. The van der Waals surface area contributed by atoms with Gasteiger partial charge < -0.3 is 15.5 Å². The molecule has 2 aliphatic rings. The second-order valence-electron chi connectivity index (χ2n) is 7.40. The quantitative estimate of drug-likeness (QED) is 0.827. The van der Waals surface area contributed by atoms with Crippen LogP contribution in [0.3, 0.4) is 0 Å². The van der Waals surface area contributed by atoms with E-state index in [1.54, 1.807) is 0 Å². The lowest BCUT2D eigenvalue weighted by molar-refractivity contribution is -0.137. The average molecular weight is 392 g/mol. The Kier molecular flexibility index (Phi) is 5.09. The average Bonchev–Trinajstić information content (AvgIpc) is 3.32. The van der Waals surface area contributed by atoms with Gasteiger partial charge in [-0.2, -0.15) is 18.2 Å². The summed E-state index contributed by atoms with van der Waals surface area (Å²) in [5.41, 5.74) is 0.163. The van der Waals surface area contributed by atoms with Crippen LogP contribution < -0.4 is 15.5 Å². The molecule has 6 nitrogen and oxygen atoms in total. The number of hydrogen-bond donors (Lipinski definition) is 2. The van der Waals surface area contributed by atoms with E-state index in [9.17, 15) is 13.2 Å². The van der Waals surface area contributed by atoms with E-state index in [1.165, 1.54) is 0 Å². The molecule has 0 saturated carbocycles. The van der Waals surface area contributed by atoms with Crippen molar-refractivity contribution in [1.82, 2.24) is 20.3 Å². The zero-order valence-corrected chi connectivity index (χ0v) is 15.6. The van der Waals surface area contributed by atoms with E-state index in [4.69, 9.17) is 4.98 Å². The minimum absolute atomic E-state index is 0.115. The Balaban J connectivity index is 1.66. The molecule has 0 aromatic carbocycles. The standard InChI is InChI=1S/C19H23F3N6/c1-12-3-2-8-28(12)18-25-15(13-4-6-23-11-13)10-17(27-18)26-16-9-14(5-7-24-16)19(20,21)22/h5,7,9-10,12-13,23H,2-4,6,8,11H2,1H3,(H,24,25,26,27). The number of rotatable bonds is 4. The normalized spacial score (nSPS) is 22.6. The molecule has 9 heteroatoms. The molecule has 2 aromatic heterocycles. The van der Waals surface area contributed by atoms with Gasteiger partial charge >= 0.3 is 6.18 Å². The van der Waals surface area contributed by atoms with Crippen molar-refractivity contribution in [3.05, 3.63) is 35.7 Å². The molecular weight excluding hydrogens is 369 g/mol. The van der Waals surface area contributed by atoms with Crippen LogP contribution in [-0.4, -0.2) is 40.6 Å². The van der Waals surface area contributed by atoms with Gasteiger partial charge in [-0.05, 0) is 44.9 Å². The van der Waals surface area contributed by atoms with E-state index in [0.717, 1.165) is 62.9 Å². The summed E-state index contributed by atoms with van der Waals surface area (Å²) in [4.78, 5) is 15.6. The number of nitrogens with one attached hydrogen (secondary N) is 2. The largest absolute Gasteiger partial charge is 0.416 e. The zero-order valence-electron chi connectivity index (χ0n) is 15.6. The summed E-state index contributed by atoms with van der Waals surface area (Å²) in [6.45, 7) is 4.80. The van der Waals surface area contributed by atoms with Crippen molar-refractivity contribution in [1.29, 1.82) is 0 Å². The summed E-state index contributed by atoms with van der Waals surface area (Å²) in [6, 6.07) is 4.12. The van der Waals surface area contributed by atoms with Crippen LogP contribution in [0.4, 0.5) is 30.8 Å². The minimum Gasteiger partial charge on any atom is -0.338 e. The number of halogens is 3. The third-order valence-corrected chi connectivity index (χ3v) is 5.37. The SMILES string of the molecule is CC1CCCN1c1nc(Nc2cc(C(F)(F)F)ccn2)cc(C2CCNC2)n1. The van der Waals surface area contributed by atoms with E-state index in [0.29, 0.717) is 17.8 Å². The maximum atomic E-state index is 13.0. The second kappa shape index (κ2) is 7.54. The van der Waals surface area contributed by atoms with E-state index in [2.05, 4.69) is 32.4 Å². The van der Waals surface area contributed by atoms with Crippen molar-refractivity contribution in [3.63, 3.8) is 0 Å². The molecule has 0 spiro atoms. The molecule has 0 amide bonds. The van der Waals surface area contributed by atoms with Gasteiger partial charge in [-0.15, -0.1) is 0 Å². The molecule has 150 valence electrons. The lowest BCUT2D eigenvalue weighted by atomic mass is 10.0. The first-order chi connectivity index (χ1) is 13.4. The Morgan fingerprint density at radius 3 is 2.71 bits per heavy atom. The molecule has 2 aliphatic heterocycles. The molecule has 2 unspecified atom stereocenters. The van der Waals surface area contributed by atoms with Gasteiger partial charge in [0, 0.05) is 37.3 Å². The molecule has 28 heavy (non-hydrogen) atoms. The third kappa shape index (κ3) is 4.04. The monoisotopic (exact) mass is 392 g/mol. The van der Waals surface area contributed by atoms with E-state index < -0.39 is 11.7 Å². The van der Waals surface area contributed by atoms with E-state index in [-0.39, 0.29) is 11.7 Å². The molecule has 0 radical (unpaired) electrons. The Hall–Kier alpha value is -2.42. The van der Waals surface area contributed by atoms with Gasteiger partial charge in [0.2, 0.25) is 5.95 Å². The van der Waals surface area contributed by atoms with Gasteiger partial charge in [0.25, 0.3) is 0 Å². The first-order valence-corrected chi connectivity index (χ1v) is 9.57. The predicted octanol–water partition coefficient (Wildman–Crippen LogP) is 3.70. The number of pyridine rings is 1. The molecule has 2 aromatic rings. The van der Waals surface area contributed by atoms with Crippen molar-refractivity contribution in [2.24, 2.45) is 0 Å². The lowest BCUT2D eigenvalue weighted by Gasteiger charge is -2.23. The van der Waals surface area contributed by atoms with E-state index in [1.807, 2.05) is 6.07 Å². The topological polar surface area (TPSA) is 66.0 Å². The van der Waals surface area contributed by atoms with Crippen molar-refractivity contribution in [2.75, 3.05) is 29.9 Å². The van der Waals surface area contributed by atoms with Gasteiger partial charge in [-0.3, -0.25) is 0 Å². The first-order valence-electron chi connectivity index (χ1n) is 9.57. The first kappa shape index (κ1) is 18.9. The fourth-order valence-corrected chi connectivity index (χ4v) is 3.80. The Bertz CT molecular complexity index is 835. The van der Waals surface area contributed by atoms with Crippen molar-refractivity contribution in [3.8, 4) is 0 Å². The Morgan fingerprint density at radius 2 is 2.04 bits per heavy atom. The summed E-state index contributed by atoms with van der Waals surface area (Å²) in [6.07, 6.45) is -0.124. The second-order valence-corrected chi connectivity index (χ2v) is 7.40. The number of hydrogen-bond acceptors (Lipinski definition) is 6. The number of nitrogens with zero attached hydrogens (tertiary/aromatic N) is 4. The summed E-state index contributed by atoms with van der Waals surface area (Å²) >= 11 is 0. The number of anilines is 3. The molecular formula is C19H23F3N6. The van der Waals surface area contributed by atoms with Crippen molar-refractivity contribution in [2.45, 2.75) is 44.3 Å². The zero-order chi connectivity index (χ0) is 19.7. The van der Waals surface area contributed by atoms with Gasteiger partial charge in [-0.25, -0.2) is 9.97 Å². The minimum atomic E-state index is -4.41. The molecule has 2 fully saturated rings. The molecule has 2 N–H and O–H groups in total. The van der Waals surface area contributed by atoms with Gasteiger partial charge in [0.1, 0.15) is 11.6 Å². The van der Waals surface area contributed by atoms with Crippen LogP contribution in [0.2, 0.25) is 0 Å². The van der Waals surface area contributed by atoms with Crippen molar-refractivity contribution < 1.29 is 13.2 Å². The molecule has 2 atom stereocenters. The number of alkyl halides is 3. The molecule has 2 saturated heterocycles. The van der Waals surface area contributed by atoms with Gasteiger partial charge in [-0.1, -0.05) is 0 Å². The van der Waals surface area contributed by atoms with E-state index >= 15 is 0 Å². The molecule has 0 aliphatic carbocycles. The number of aromatic nitrogens is 3. The van der Waals surface area contributed by atoms with Crippen LogP contribution in [0.5, 0.6) is 0 Å². The van der Waals surface area contributed by atoms with Crippen LogP contribution in [0, 0.1) is 0 Å². The summed E-state index contributed by atoms with van der Waals surface area (Å²) in [5.74, 6) is 1.49. The highest BCUT2D eigenvalue weighted by atomic mass is 19.4. The van der Waals surface area contributed by atoms with Gasteiger partial charge in [0.15, 0.2) is 0 Å². The summed E-state index contributed by atoms with van der Waals surface area (Å²) in [5, 5.41) is 6.28. The maximum Gasteiger partial charge on any atom is 0.416 e. The highest BCUT2D eigenvalue weighted by Crippen LogP contribution is 2.32. The summed E-state index contributed by atoms with van der Waals surface area (Å²) < 4.78 is 39.0. The maximum absolute atomic E-state index is 13.0. The third-order valence-electron chi connectivity index (χ3n) is 5.37.